The second-order valence-electron chi connectivity index (χ2n) is 6.02. The van der Waals surface area contributed by atoms with E-state index in [9.17, 15) is 0 Å². The van der Waals surface area contributed by atoms with Gasteiger partial charge in [-0.05, 0) is 37.1 Å². The average molecular weight is 283 g/mol. The second-order valence-corrected chi connectivity index (χ2v) is 6.02. The van der Waals surface area contributed by atoms with Gasteiger partial charge in [-0.15, -0.1) is 0 Å². The third kappa shape index (κ3) is 2.14. The van der Waals surface area contributed by atoms with Crippen LogP contribution in [0.1, 0.15) is 25.7 Å². The molecule has 2 unspecified atom stereocenters. The fourth-order valence-corrected chi connectivity index (χ4v) is 3.81. The number of rotatable bonds is 1. The van der Waals surface area contributed by atoms with E-state index in [0.29, 0.717) is 12.1 Å². The largest absolute Gasteiger partial charge is 0.396 e. The van der Waals surface area contributed by atoms with Crippen molar-refractivity contribution >= 4 is 22.3 Å². The normalized spacial score (nSPS) is 25.8. The summed E-state index contributed by atoms with van der Waals surface area (Å²) < 4.78 is 5.97. The fraction of sp³-hybridized carbons (Fsp3) is 0.471. The van der Waals surface area contributed by atoms with Crippen molar-refractivity contribution in [2.45, 2.75) is 37.8 Å². The molecule has 1 saturated heterocycles. The standard InChI is InChI=1S/C17H21N3O/c18-17-12-4-3-9-19-13(12)7-8-15(17)20-10-11-21-16-6-2-1-5-14(16)20/h3-4,7-9,14,16H,1-2,5-6,10-11,18H2. The minimum absolute atomic E-state index is 0.372. The van der Waals surface area contributed by atoms with E-state index in [0.717, 1.165) is 35.4 Å². The van der Waals surface area contributed by atoms with E-state index >= 15 is 0 Å². The highest BCUT2D eigenvalue weighted by molar-refractivity contribution is 5.97. The number of fused-ring (bicyclic) bond motifs is 2. The second kappa shape index (κ2) is 5.19. The predicted octanol–water partition coefficient (Wildman–Crippen LogP) is 2.96. The topological polar surface area (TPSA) is 51.4 Å². The Bertz CT molecular complexity index is 656. The molecule has 2 atom stereocenters. The lowest BCUT2D eigenvalue weighted by Gasteiger charge is -2.45. The number of ether oxygens (including phenoxy) is 1. The first-order chi connectivity index (χ1) is 10.3. The van der Waals surface area contributed by atoms with E-state index in [1.54, 1.807) is 0 Å². The molecule has 110 valence electrons. The zero-order valence-corrected chi connectivity index (χ0v) is 12.2. The van der Waals surface area contributed by atoms with E-state index in [2.05, 4.69) is 28.1 Å². The molecule has 1 aromatic heterocycles. The van der Waals surface area contributed by atoms with E-state index in [1.807, 2.05) is 12.3 Å². The number of pyridine rings is 1. The quantitative estimate of drug-likeness (QED) is 0.818. The molecule has 1 aromatic carbocycles. The van der Waals surface area contributed by atoms with E-state index < -0.39 is 0 Å². The minimum Gasteiger partial charge on any atom is -0.396 e. The Morgan fingerprint density at radius 3 is 3.05 bits per heavy atom. The first kappa shape index (κ1) is 12.9. The molecule has 2 aromatic rings. The third-order valence-electron chi connectivity index (χ3n) is 4.85. The number of anilines is 2. The van der Waals surface area contributed by atoms with Gasteiger partial charge in [0.15, 0.2) is 0 Å². The Morgan fingerprint density at radius 1 is 1.19 bits per heavy atom. The summed E-state index contributed by atoms with van der Waals surface area (Å²) in [7, 11) is 0. The van der Waals surface area contributed by atoms with Crippen molar-refractivity contribution in [1.29, 1.82) is 0 Å². The minimum atomic E-state index is 0.372. The van der Waals surface area contributed by atoms with Gasteiger partial charge in [0.25, 0.3) is 0 Å². The Hall–Kier alpha value is -1.81. The van der Waals surface area contributed by atoms with Crippen LogP contribution >= 0.6 is 0 Å². The van der Waals surface area contributed by atoms with Crippen molar-refractivity contribution in [2.24, 2.45) is 0 Å². The number of aromatic nitrogens is 1. The van der Waals surface area contributed by atoms with Crippen LogP contribution in [0.4, 0.5) is 11.4 Å². The molecule has 0 amide bonds. The van der Waals surface area contributed by atoms with Crippen LogP contribution in [-0.2, 0) is 4.74 Å². The average Bonchev–Trinajstić information content (AvgIpc) is 2.55. The van der Waals surface area contributed by atoms with Crippen LogP contribution in [0.15, 0.2) is 30.5 Å². The van der Waals surface area contributed by atoms with Gasteiger partial charge >= 0.3 is 0 Å². The molecule has 2 heterocycles. The van der Waals surface area contributed by atoms with Gasteiger partial charge in [-0.1, -0.05) is 12.8 Å². The zero-order chi connectivity index (χ0) is 14.2. The highest BCUT2D eigenvalue weighted by Crippen LogP contribution is 2.37. The Labute approximate surface area is 124 Å². The number of hydrogen-bond acceptors (Lipinski definition) is 4. The highest BCUT2D eigenvalue weighted by atomic mass is 16.5. The molecule has 21 heavy (non-hydrogen) atoms. The summed E-state index contributed by atoms with van der Waals surface area (Å²) in [5, 5.41) is 1.05. The van der Waals surface area contributed by atoms with Crippen molar-refractivity contribution < 1.29 is 4.74 Å². The summed E-state index contributed by atoms with van der Waals surface area (Å²) in [5.41, 5.74) is 9.42. The smallest absolute Gasteiger partial charge is 0.0779 e. The molecule has 2 aliphatic rings. The molecule has 1 aliphatic carbocycles. The molecule has 2 fully saturated rings. The summed E-state index contributed by atoms with van der Waals surface area (Å²) in [4.78, 5) is 6.85. The number of nitrogens with zero attached hydrogens (tertiary/aromatic N) is 2. The molecular formula is C17H21N3O. The lowest BCUT2D eigenvalue weighted by Crippen LogP contribution is -2.53. The molecule has 1 aliphatic heterocycles. The van der Waals surface area contributed by atoms with Crippen LogP contribution in [0.3, 0.4) is 0 Å². The summed E-state index contributed by atoms with van der Waals surface area (Å²) in [6.07, 6.45) is 7.14. The van der Waals surface area contributed by atoms with Crippen molar-refractivity contribution in [3.63, 3.8) is 0 Å². The van der Waals surface area contributed by atoms with Crippen molar-refractivity contribution in [1.82, 2.24) is 4.98 Å². The predicted molar refractivity (Wildman–Crippen MR) is 85.5 cm³/mol. The molecule has 4 rings (SSSR count). The molecule has 4 heteroatoms. The maximum atomic E-state index is 6.45. The van der Waals surface area contributed by atoms with Crippen LogP contribution < -0.4 is 10.6 Å². The fourth-order valence-electron chi connectivity index (χ4n) is 3.81. The van der Waals surface area contributed by atoms with Crippen LogP contribution in [-0.4, -0.2) is 30.3 Å². The molecule has 0 bridgehead atoms. The Kier molecular flexibility index (Phi) is 3.19. The lowest BCUT2D eigenvalue weighted by molar-refractivity contribution is -0.00861. The molecule has 4 nitrogen and oxygen atoms in total. The van der Waals surface area contributed by atoms with Gasteiger partial charge in [-0.2, -0.15) is 0 Å². The maximum absolute atomic E-state index is 6.45. The Morgan fingerprint density at radius 2 is 2.10 bits per heavy atom. The Balaban J connectivity index is 1.76. The molecule has 0 spiro atoms. The number of nitrogen functional groups attached to an aromatic ring is 1. The van der Waals surface area contributed by atoms with Crippen LogP contribution in [0.2, 0.25) is 0 Å². The van der Waals surface area contributed by atoms with E-state index in [-0.39, 0.29) is 0 Å². The summed E-state index contributed by atoms with van der Waals surface area (Å²) in [5.74, 6) is 0. The van der Waals surface area contributed by atoms with Crippen molar-refractivity contribution in [2.75, 3.05) is 23.8 Å². The van der Waals surface area contributed by atoms with Crippen molar-refractivity contribution in [3.8, 4) is 0 Å². The first-order valence-electron chi connectivity index (χ1n) is 7.86. The highest BCUT2D eigenvalue weighted by Gasteiger charge is 2.35. The SMILES string of the molecule is Nc1c(N2CCOC3CCCCC32)ccc2ncccc12. The van der Waals surface area contributed by atoms with E-state index in [4.69, 9.17) is 10.5 Å². The van der Waals surface area contributed by atoms with Gasteiger partial charge in [-0.25, -0.2) is 0 Å². The molecule has 0 radical (unpaired) electrons. The zero-order valence-electron chi connectivity index (χ0n) is 12.2. The number of benzene rings is 1. The van der Waals surface area contributed by atoms with Gasteiger partial charge in [0.05, 0.1) is 35.6 Å². The van der Waals surface area contributed by atoms with Gasteiger partial charge in [0, 0.05) is 18.1 Å². The van der Waals surface area contributed by atoms with Gasteiger partial charge < -0.3 is 15.4 Å². The summed E-state index contributed by atoms with van der Waals surface area (Å²) >= 11 is 0. The van der Waals surface area contributed by atoms with Gasteiger partial charge in [-0.3, -0.25) is 4.98 Å². The van der Waals surface area contributed by atoms with Crippen LogP contribution in [0.25, 0.3) is 10.9 Å². The van der Waals surface area contributed by atoms with E-state index in [1.165, 1.54) is 25.7 Å². The van der Waals surface area contributed by atoms with Gasteiger partial charge in [0.1, 0.15) is 0 Å². The monoisotopic (exact) mass is 283 g/mol. The van der Waals surface area contributed by atoms with Gasteiger partial charge in [0.2, 0.25) is 0 Å². The van der Waals surface area contributed by atoms with Crippen LogP contribution in [0.5, 0.6) is 0 Å². The number of morpholine rings is 1. The number of nitrogens with two attached hydrogens (primary N) is 1. The summed E-state index contributed by atoms with van der Waals surface area (Å²) in [6, 6.07) is 8.69. The number of hydrogen-bond donors (Lipinski definition) is 1. The van der Waals surface area contributed by atoms with Crippen LogP contribution in [0, 0.1) is 0 Å². The first-order valence-corrected chi connectivity index (χ1v) is 7.86. The maximum Gasteiger partial charge on any atom is 0.0779 e. The van der Waals surface area contributed by atoms with Crippen molar-refractivity contribution in [3.05, 3.63) is 30.5 Å². The summed E-state index contributed by atoms with van der Waals surface area (Å²) in [6.45, 7) is 1.73. The molecule has 1 saturated carbocycles. The third-order valence-corrected chi connectivity index (χ3v) is 4.85. The molecule has 2 N–H and O–H groups in total. The molecular weight excluding hydrogens is 262 g/mol. The lowest BCUT2D eigenvalue weighted by atomic mass is 9.89.